The number of aryl methyl sites for hydroxylation is 2. The standard InChI is InChI=1S/C34H40N6/c1-3-39-31-15-9-7-13-27(31)29-19-25(36-21-33(29)39)23-38(18-12-6-5-11-17-35)24-26-20-30-28-14-8-10-16-32(28)40(4-2)34(30)22-37-26/h7-10,13-16,19-22H,3-6,11-12,17-18,23-24,35H2,1-2H3. The van der Waals surface area contributed by atoms with Crippen LogP contribution in [-0.2, 0) is 26.2 Å². The van der Waals surface area contributed by atoms with Crippen LogP contribution < -0.4 is 5.73 Å². The van der Waals surface area contributed by atoms with Gasteiger partial charge < -0.3 is 14.9 Å². The van der Waals surface area contributed by atoms with E-state index in [-0.39, 0.29) is 0 Å². The number of hydrogen-bond acceptors (Lipinski definition) is 4. The maximum Gasteiger partial charge on any atom is 0.0677 e. The highest BCUT2D eigenvalue weighted by Crippen LogP contribution is 2.31. The minimum Gasteiger partial charge on any atom is -0.339 e. The zero-order valence-corrected chi connectivity index (χ0v) is 23.8. The van der Waals surface area contributed by atoms with Crippen LogP contribution in [0.4, 0.5) is 0 Å². The first-order valence-electron chi connectivity index (χ1n) is 14.9. The van der Waals surface area contributed by atoms with Crippen LogP contribution in [0.2, 0.25) is 0 Å². The number of rotatable bonds is 12. The molecule has 0 bridgehead atoms. The summed E-state index contributed by atoms with van der Waals surface area (Å²) >= 11 is 0. The third-order valence-electron chi connectivity index (χ3n) is 8.26. The molecule has 0 unspecified atom stereocenters. The lowest BCUT2D eigenvalue weighted by molar-refractivity contribution is 0.245. The molecular formula is C34H40N6. The van der Waals surface area contributed by atoms with Gasteiger partial charge in [-0.1, -0.05) is 49.2 Å². The van der Waals surface area contributed by atoms with Crippen molar-refractivity contribution in [2.75, 3.05) is 13.1 Å². The molecule has 0 aliphatic heterocycles. The second-order valence-electron chi connectivity index (χ2n) is 10.8. The van der Waals surface area contributed by atoms with Gasteiger partial charge in [0.05, 0.1) is 34.8 Å². The van der Waals surface area contributed by atoms with Crippen molar-refractivity contribution in [1.29, 1.82) is 0 Å². The minimum atomic E-state index is 0.772. The van der Waals surface area contributed by atoms with E-state index in [1.807, 2.05) is 0 Å². The number of nitrogens with two attached hydrogens (primary N) is 1. The van der Waals surface area contributed by atoms with Crippen LogP contribution in [0.25, 0.3) is 43.6 Å². The Balaban J connectivity index is 1.31. The molecule has 2 aromatic carbocycles. The number of benzene rings is 2. The van der Waals surface area contributed by atoms with Crippen LogP contribution in [0.5, 0.6) is 0 Å². The molecule has 4 heterocycles. The van der Waals surface area contributed by atoms with Crippen LogP contribution in [-0.4, -0.2) is 37.1 Å². The number of pyridine rings is 2. The zero-order valence-electron chi connectivity index (χ0n) is 23.8. The predicted molar refractivity (Wildman–Crippen MR) is 167 cm³/mol. The monoisotopic (exact) mass is 532 g/mol. The molecule has 4 aromatic heterocycles. The maximum atomic E-state index is 5.74. The van der Waals surface area contributed by atoms with Gasteiger partial charge in [0, 0.05) is 58.8 Å². The van der Waals surface area contributed by atoms with Gasteiger partial charge in [-0.05, 0) is 64.0 Å². The molecule has 2 N–H and O–H groups in total. The van der Waals surface area contributed by atoms with Crippen molar-refractivity contribution in [2.45, 2.75) is 65.7 Å². The Morgan fingerprint density at radius 1 is 0.625 bits per heavy atom. The fraction of sp³-hybridized carbons (Fsp3) is 0.353. The van der Waals surface area contributed by atoms with E-state index in [9.17, 15) is 0 Å². The molecule has 0 saturated heterocycles. The summed E-state index contributed by atoms with van der Waals surface area (Å²) in [6.07, 6.45) is 8.76. The van der Waals surface area contributed by atoms with E-state index in [2.05, 4.69) is 101 Å². The minimum absolute atomic E-state index is 0.772. The molecule has 40 heavy (non-hydrogen) atoms. The highest BCUT2D eigenvalue weighted by Gasteiger charge is 2.15. The molecule has 0 fully saturated rings. The van der Waals surface area contributed by atoms with Crippen molar-refractivity contribution in [2.24, 2.45) is 5.73 Å². The van der Waals surface area contributed by atoms with Crippen molar-refractivity contribution in [3.8, 4) is 0 Å². The number of hydrogen-bond donors (Lipinski definition) is 1. The average Bonchev–Trinajstić information content (AvgIpc) is 3.48. The largest absolute Gasteiger partial charge is 0.339 e. The summed E-state index contributed by atoms with van der Waals surface area (Å²) in [6, 6.07) is 22.0. The molecule has 6 aromatic rings. The summed E-state index contributed by atoms with van der Waals surface area (Å²) in [5.41, 5.74) is 12.9. The lowest BCUT2D eigenvalue weighted by Gasteiger charge is -2.22. The van der Waals surface area contributed by atoms with Gasteiger partial charge in [0.15, 0.2) is 0 Å². The molecular weight excluding hydrogens is 492 g/mol. The van der Waals surface area contributed by atoms with Gasteiger partial charge in [0.25, 0.3) is 0 Å². The van der Waals surface area contributed by atoms with Crippen LogP contribution in [0, 0.1) is 0 Å². The lowest BCUT2D eigenvalue weighted by Crippen LogP contribution is -2.25. The van der Waals surface area contributed by atoms with E-state index >= 15 is 0 Å². The first-order chi connectivity index (χ1) is 19.7. The number of unbranched alkanes of at least 4 members (excludes halogenated alkanes) is 3. The third kappa shape index (κ3) is 4.98. The van der Waals surface area contributed by atoms with E-state index < -0.39 is 0 Å². The predicted octanol–water partition coefficient (Wildman–Crippen LogP) is 7.25. The number of aromatic nitrogens is 4. The third-order valence-corrected chi connectivity index (χ3v) is 8.26. The van der Waals surface area contributed by atoms with E-state index in [4.69, 9.17) is 15.7 Å². The number of fused-ring (bicyclic) bond motifs is 6. The van der Waals surface area contributed by atoms with Crippen LogP contribution in [0.1, 0.15) is 50.9 Å². The average molecular weight is 533 g/mol. The zero-order chi connectivity index (χ0) is 27.5. The quantitative estimate of drug-likeness (QED) is 0.169. The Kier molecular flexibility index (Phi) is 7.80. The van der Waals surface area contributed by atoms with Gasteiger partial charge in [-0.3, -0.25) is 14.9 Å². The van der Waals surface area contributed by atoms with Crippen molar-refractivity contribution < 1.29 is 0 Å². The molecule has 206 valence electrons. The molecule has 0 aliphatic rings. The highest BCUT2D eigenvalue weighted by atomic mass is 15.1. The molecule has 6 nitrogen and oxygen atoms in total. The van der Waals surface area contributed by atoms with Crippen LogP contribution in [0.3, 0.4) is 0 Å². The Morgan fingerprint density at radius 3 is 1.62 bits per heavy atom. The van der Waals surface area contributed by atoms with Crippen molar-refractivity contribution in [3.05, 3.63) is 84.4 Å². The molecule has 0 aliphatic carbocycles. The SMILES string of the molecule is CCn1c2ccccc2c2cc(CN(CCCCCCN)Cc3cc4c5ccccc5n(CC)c4cn3)ncc21. The summed E-state index contributed by atoms with van der Waals surface area (Å²) in [6.45, 7) is 9.66. The van der Waals surface area contributed by atoms with Gasteiger partial charge in [0.1, 0.15) is 0 Å². The van der Waals surface area contributed by atoms with Gasteiger partial charge in [-0.25, -0.2) is 0 Å². The smallest absolute Gasteiger partial charge is 0.0677 e. The topological polar surface area (TPSA) is 64.9 Å². The van der Waals surface area contributed by atoms with E-state index in [1.54, 1.807) is 0 Å². The molecule has 0 saturated carbocycles. The van der Waals surface area contributed by atoms with Gasteiger partial charge >= 0.3 is 0 Å². The number of para-hydroxylation sites is 2. The summed E-state index contributed by atoms with van der Waals surface area (Å²) < 4.78 is 4.73. The molecule has 6 rings (SSSR count). The summed E-state index contributed by atoms with van der Waals surface area (Å²) in [7, 11) is 0. The first kappa shape index (κ1) is 26.5. The molecule has 0 atom stereocenters. The van der Waals surface area contributed by atoms with Gasteiger partial charge in [-0.15, -0.1) is 0 Å². The molecule has 0 amide bonds. The summed E-state index contributed by atoms with van der Waals surface area (Å²) in [5.74, 6) is 0. The lowest BCUT2D eigenvalue weighted by atomic mass is 10.1. The maximum absolute atomic E-state index is 5.74. The Bertz CT molecular complexity index is 1640. The molecule has 6 heteroatoms. The normalized spacial score (nSPS) is 12.1. The Hall–Kier alpha value is -3.74. The molecule has 0 spiro atoms. The van der Waals surface area contributed by atoms with E-state index in [0.29, 0.717) is 0 Å². The fourth-order valence-electron chi connectivity index (χ4n) is 6.34. The highest BCUT2D eigenvalue weighted by molar-refractivity contribution is 6.08. The Morgan fingerprint density at radius 2 is 1.12 bits per heavy atom. The van der Waals surface area contributed by atoms with Crippen LogP contribution in [0.15, 0.2) is 73.1 Å². The van der Waals surface area contributed by atoms with Crippen LogP contribution >= 0.6 is 0 Å². The second-order valence-corrected chi connectivity index (χ2v) is 10.8. The van der Waals surface area contributed by atoms with E-state index in [0.717, 1.165) is 63.5 Å². The van der Waals surface area contributed by atoms with Gasteiger partial charge in [0.2, 0.25) is 0 Å². The Labute approximate surface area is 236 Å². The van der Waals surface area contributed by atoms with Crippen molar-refractivity contribution in [1.82, 2.24) is 24.0 Å². The second kappa shape index (κ2) is 11.8. The number of nitrogens with zero attached hydrogens (tertiary/aromatic N) is 5. The summed E-state index contributed by atoms with van der Waals surface area (Å²) in [4.78, 5) is 12.4. The van der Waals surface area contributed by atoms with Crippen molar-refractivity contribution >= 4 is 43.6 Å². The van der Waals surface area contributed by atoms with Crippen molar-refractivity contribution in [3.63, 3.8) is 0 Å². The van der Waals surface area contributed by atoms with E-state index in [1.165, 1.54) is 56.5 Å². The first-order valence-corrected chi connectivity index (χ1v) is 14.9. The van der Waals surface area contributed by atoms with Gasteiger partial charge in [-0.2, -0.15) is 0 Å². The fourth-order valence-corrected chi connectivity index (χ4v) is 6.34. The molecule has 0 radical (unpaired) electrons. The summed E-state index contributed by atoms with van der Waals surface area (Å²) in [5, 5.41) is 5.18.